The number of carbonyl (C=O) groups excluding carboxylic acids is 1. The summed E-state index contributed by atoms with van der Waals surface area (Å²) in [5, 5.41) is 12.2. The van der Waals surface area contributed by atoms with Gasteiger partial charge in [-0.2, -0.15) is 0 Å². The van der Waals surface area contributed by atoms with Crippen LogP contribution in [0.2, 0.25) is 0 Å². The zero-order valence-corrected chi connectivity index (χ0v) is 8.68. The Hall–Kier alpha value is -1.39. The first-order chi connectivity index (χ1) is 7.11. The highest BCUT2D eigenvalue weighted by molar-refractivity contribution is 5.80. The van der Waals surface area contributed by atoms with E-state index in [4.69, 9.17) is 5.73 Å². The number of aliphatic hydroxyl groups excluding tert-OH is 1. The lowest BCUT2D eigenvalue weighted by atomic mass is 10.1. The highest BCUT2D eigenvalue weighted by Crippen LogP contribution is 1.99. The first-order valence-electron chi connectivity index (χ1n) is 4.86. The van der Waals surface area contributed by atoms with Crippen LogP contribution in [0.4, 0.5) is 0 Å². The van der Waals surface area contributed by atoms with Gasteiger partial charge in [-0.1, -0.05) is 30.3 Å². The lowest BCUT2D eigenvalue weighted by Crippen LogP contribution is -2.47. The van der Waals surface area contributed by atoms with E-state index in [0.29, 0.717) is 6.54 Å². The average Bonchev–Trinajstić information content (AvgIpc) is 2.18. The zero-order valence-electron chi connectivity index (χ0n) is 8.68. The molecular formula is C11H16N2O2. The van der Waals surface area contributed by atoms with Gasteiger partial charge in [0.2, 0.25) is 5.91 Å². The van der Waals surface area contributed by atoms with Crippen molar-refractivity contribution in [2.24, 2.45) is 5.73 Å². The number of hydrogen-bond donors (Lipinski definition) is 3. The second-order valence-corrected chi connectivity index (χ2v) is 3.49. The van der Waals surface area contributed by atoms with Crippen molar-refractivity contribution in [1.29, 1.82) is 0 Å². The minimum Gasteiger partial charge on any atom is -0.391 e. The topological polar surface area (TPSA) is 75.3 Å². The van der Waals surface area contributed by atoms with Gasteiger partial charge in [0.15, 0.2) is 0 Å². The number of hydrogen-bond acceptors (Lipinski definition) is 3. The molecule has 2 atom stereocenters. The van der Waals surface area contributed by atoms with Crippen LogP contribution in [0.15, 0.2) is 30.3 Å². The maximum atomic E-state index is 11.0. The van der Waals surface area contributed by atoms with Gasteiger partial charge in [0.1, 0.15) is 6.04 Å². The maximum Gasteiger partial charge on any atom is 0.237 e. The fraction of sp³-hybridized carbons (Fsp3) is 0.364. The lowest BCUT2D eigenvalue weighted by molar-refractivity contribution is -0.122. The van der Waals surface area contributed by atoms with Crippen LogP contribution in [0, 0.1) is 0 Å². The molecule has 0 aliphatic carbocycles. The van der Waals surface area contributed by atoms with Crippen LogP contribution in [-0.2, 0) is 11.3 Å². The van der Waals surface area contributed by atoms with E-state index >= 15 is 0 Å². The van der Waals surface area contributed by atoms with Gasteiger partial charge in [-0.15, -0.1) is 0 Å². The molecule has 0 heterocycles. The third kappa shape index (κ3) is 3.69. The first-order valence-corrected chi connectivity index (χ1v) is 4.86. The maximum absolute atomic E-state index is 11.0. The van der Waals surface area contributed by atoms with Crippen molar-refractivity contribution in [3.8, 4) is 0 Å². The molecule has 0 saturated carbocycles. The molecule has 82 valence electrons. The third-order valence-corrected chi connectivity index (χ3v) is 2.16. The largest absolute Gasteiger partial charge is 0.391 e. The Kier molecular flexibility index (Phi) is 4.27. The summed E-state index contributed by atoms with van der Waals surface area (Å²) in [6.45, 7) is 2.05. The van der Waals surface area contributed by atoms with E-state index in [0.717, 1.165) is 5.56 Å². The summed E-state index contributed by atoms with van der Waals surface area (Å²) >= 11 is 0. The first kappa shape index (κ1) is 11.7. The Bertz CT molecular complexity index is 312. The van der Waals surface area contributed by atoms with Crippen LogP contribution >= 0.6 is 0 Å². The number of rotatable bonds is 5. The molecule has 0 aliphatic heterocycles. The molecule has 0 unspecified atom stereocenters. The van der Waals surface area contributed by atoms with Gasteiger partial charge in [0, 0.05) is 6.54 Å². The fourth-order valence-corrected chi connectivity index (χ4v) is 1.33. The highest BCUT2D eigenvalue weighted by atomic mass is 16.3. The van der Waals surface area contributed by atoms with Gasteiger partial charge in [-0.3, -0.25) is 10.1 Å². The highest BCUT2D eigenvalue weighted by Gasteiger charge is 2.19. The molecule has 1 rings (SSSR count). The van der Waals surface area contributed by atoms with E-state index in [1.54, 1.807) is 0 Å². The summed E-state index contributed by atoms with van der Waals surface area (Å²) in [7, 11) is 0. The van der Waals surface area contributed by atoms with Gasteiger partial charge in [0.25, 0.3) is 0 Å². The van der Waals surface area contributed by atoms with Gasteiger partial charge in [-0.05, 0) is 12.5 Å². The van der Waals surface area contributed by atoms with E-state index in [1.807, 2.05) is 30.3 Å². The summed E-state index contributed by atoms with van der Waals surface area (Å²) in [6, 6.07) is 8.92. The summed E-state index contributed by atoms with van der Waals surface area (Å²) in [5.41, 5.74) is 6.19. The SMILES string of the molecule is C[C@@H](O)[C@H](NCc1ccccc1)C(N)=O. The predicted octanol–water partition coefficient (Wildman–Crippen LogP) is 0.0109. The number of amides is 1. The molecule has 0 radical (unpaired) electrons. The molecule has 15 heavy (non-hydrogen) atoms. The molecule has 4 heteroatoms. The van der Waals surface area contributed by atoms with Crippen LogP contribution in [-0.4, -0.2) is 23.2 Å². The second kappa shape index (κ2) is 5.48. The molecule has 0 aliphatic rings. The van der Waals surface area contributed by atoms with Crippen molar-refractivity contribution in [3.63, 3.8) is 0 Å². The van der Waals surface area contributed by atoms with Gasteiger partial charge in [-0.25, -0.2) is 0 Å². The molecule has 1 aromatic rings. The van der Waals surface area contributed by atoms with Crippen molar-refractivity contribution in [2.45, 2.75) is 25.6 Å². The summed E-state index contributed by atoms with van der Waals surface area (Å²) in [6.07, 6.45) is -0.786. The van der Waals surface area contributed by atoms with Gasteiger partial charge < -0.3 is 10.8 Å². The summed E-state index contributed by atoms with van der Waals surface area (Å²) < 4.78 is 0. The number of aliphatic hydroxyl groups is 1. The van der Waals surface area contributed by atoms with Gasteiger partial charge in [0.05, 0.1) is 6.10 Å². The van der Waals surface area contributed by atoms with Crippen molar-refractivity contribution in [3.05, 3.63) is 35.9 Å². The van der Waals surface area contributed by atoms with Crippen LogP contribution in [0.1, 0.15) is 12.5 Å². The van der Waals surface area contributed by atoms with E-state index in [2.05, 4.69) is 5.32 Å². The fourth-order valence-electron chi connectivity index (χ4n) is 1.33. The van der Waals surface area contributed by atoms with Crippen molar-refractivity contribution in [2.75, 3.05) is 0 Å². The van der Waals surface area contributed by atoms with Gasteiger partial charge >= 0.3 is 0 Å². The molecule has 4 N–H and O–H groups in total. The van der Waals surface area contributed by atoms with E-state index in [9.17, 15) is 9.90 Å². The third-order valence-electron chi connectivity index (χ3n) is 2.16. The molecule has 4 nitrogen and oxygen atoms in total. The molecule has 0 fully saturated rings. The monoisotopic (exact) mass is 208 g/mol. The Morgan fingerprint density at radius 1 is 1.47 bits per heavy atom. The van der Waals surface area contributed by atoms with Crippen LogP contribution in [0.5, 0.6) is 0 Å². The smallest absolute Gasteiger partial charge is 0.237 e. The normalized spacial score (nSPS) is 14.5. The van der Waals surface area contributed by atoms with E-state index in [-0.39, 0.29) is 0 Å². The predicted molar refractivity (Wildman–Crippen MR) is 57.9 cm³/mol. The second-order valence-electron chi connectivity index (χ2n) is 3.49. The number of primary amides is 1. The summed E-state index contributed by atoms with van der Waals surface area (Å²) in [5.74, 6) is -0.541. The number of nitrogens with two attached hydrogens (primary N) is 1. The summed E-state index contributed by atoms with van der Waals surface area (Å²) in [4.78, 5) is 11.0. The van der Waals surface area contributed by atoms with Crippen LogP contribution in [0.3, 0.4) is 0 Å². The van der Waals surface area contributed by atoms with Crippen LogP contribution in [0.25, 0.3) is 0 Å². The number of carbonyl (C=O) groups is 1. The van der Waals surface area contributed by atoms with E-state index in [1.165, 1.54) is 6.92 Å². The zero-order chi connectivity index (χ0) is 11.3. The number of benzene rings is 1. The average molecular weight is 208 g/mol. The molecule has 0 aromatic heterocycles. The molecular weight excluding hydrogens is 192 g/mol. The lowest BCUT2D eigenvalue weighted by Gasteiger charge is -2.17. The Morgan fingerprint density at radius 2 is 2.07 bits per heavy atom. The minimum absolute atomic E-state index is 0.513. The number of nitrogens with one attached hydrogen (secondary N) is 1. The molecule has 1 aromatic carbocycles. The Labute approximate surface area is 89.1 Å². The van der Waals surface area contributed by atoms with Crippen molar-refractivity contribution < 1.29 is 9.90 Å². The van der Waals surface area contributed by atoms with Crippen molar-refractivity contribution >= 4 is 5.91 Å². The molecule has 0 bridgehead atoms. The Morgan fingerprint density at radius 3 is 2.53 bits per heavy atom. The standard InChI is InChI=1S/C11H16N2O2/c1-8(14)10(11(12)15)13-7-9-5-3-2-4-6-9/h2-6,8,10,13-14H,7H2,1H3,(H2,12,15)/t8-,10+/m1/s1. The molecule has 0 spiro atoms. The Balaban J connectivity index is 2.51. The van der Waals surface area contributed by atoms with Crippen LogP contribution < -0.4 is 11.1 Å². The molecule has 1 amide bonds. The van der Waals surface area contributed by atoms with E-state index < -0.39 is 18.1 Å². The molecule has 0 saturated heterocycles. The van der Waals surface area contributed by atoms with Crippen molar-refractivity contribution in [1.82, 2.24) is 5.32 Å². The minimum atomic E-state index is -0.786. The quantitative estimate of drug-likeness (QED) is 0.638.